The first-order valence-corrected chi connectivity index (χ1v) is 11.9. The fraction of sp³-hybridized carbons (Fsp3) is 0.185. The molecular weight excluding hydrogens is 496 g/mol. The Hall–Kier alpha value is -4.37. The van der Waals surface area contributed by atoms with E-state index in [1.165, 1.54) is 6.21 Å². The fourth-order valence-electron chi connectivity index (χ4n) is 3.19. The maximum atomic E-state index is 12.3. The topological polar surface area (TPSA) is 118 Å². The van der Waals surface area contributed by atoms with E-state index in [0.29, 0.717) is 34.4 Å². The Bertz CT molecular complexity index is 1250. The third-order valence-electron chi connectivity index (χ3n) is 5.00. The molecule has 0 saturated heterocycles. The molecular formula is C27H27ClN4O5. The minimum Gasteiger partial charge on any atom is -0.494 e. The molecule has 1 atom stereocenters. The third-order valence-corrected chi connectivity index (χ3v) is 5.24. The summed E-state index contributed by atoms with van der Waals surface area (Å²) in [5, 5.41) is 9.56. The Morgan fingerprint density at radius 2 is 1.70 bits per heavy atom. The van der Waals surface area contributed by atoms with Crippen molar-refractivity contribution in [2.24, 2.45) is 5.10 Å². The number of nitrogens with one attached hydrogen (secondary N) is 3. The quantitative estimate of drug-likeness (QED) is 0.211. The lowest BCUT2D eigenvalue weighted by Crippen LogP contribution is -2.39. The molecule has 0 bridgehead atoms. The van der Waals surface area contributed by atoms with E-state index < -0.39 is 11.8 Å². The van der Waals surface area contributed by atoms with Crippen molar-refractivity contribution in [1.82, 2.24) is 10.7 Å². The van der Waals surface area contributed by atoms with Crippen LogP contribution in [0.1, 0.15) is 31.0 Å². The molecule has 10 heteroatoms. The van der Waals surface area contributed by atoms with Gasteiger partial charge >= 0.3 is 11.8 Å². The van der Waals surface area contributed by atoms with Crippen molar-refractivity contribution in [3.63, 3.8) is 0 Å². The summed E-state index contributed by atoms with van der Waals surface area (Å²) in [5.41, 5.74) is 4.03. The molecule has 3 aromatic rings. The standard InChI is InChI=1S/C27H27ClN4O5/c1-3-36-23-12-10-22(11-13-23)31-25(33)17-37-24-14-9-21(28)15-20(24)16-29-32-27(35)26(34)30-18(2)19-7-5-4-6-8-19/h4-16,18H,3,17H2,1-2H3,(H,30,34)(H,31,33)(H,32,35)/b29-16-/t18-/m0/s1. The van der Waals surface area contributed by atoms with E-state index in [1.54, 1.807) is 49.4 Å². The normalized spacial score (nSPS) is 11.4. The molecule has 0 fully saturated rings. The summed E-state index contributed by atoms with van der Waals surface area (Å²) in [4.78, 5) is 36.6. The molecule has 9 nitrogen and oxygen atoms in total. The Kier molecular flexibility index (Phi) is 10.0. The molecule has 0 aromatic heterocycles. The van der Waals surface area contributed by atoms with Crippen LogP contribution in [0.15, 0.2) is 77.9 Å². The van der Waals surface area contributed by atoms with Gasteiger partial charge in [0.25, 0.3) is 5.91 Å². The molecule has 3 N–H and O–H groups in total. The number of nitrogens with zero attached hydrogens (tertiary/aromatic N) is 1. The fourth-order valence-corrected chi connectivity index (χ4v) is 3.37. The second-order valence-electron chi connectivity index (χ2n) is 7.78. The van der Waals surface area contributed by atoms with Crippen LogP contribution in [0.4, 0.5) is 5.69 Å². The van der Waals surface area contributed by atoms with Gasteiger partial charge in [-0.25, -0.2) is 5.43 Å². The number of rotatable bonds is 10. The van der Waals surface area contributed by atoms with Gasteiger partial charge in [0, 0.05) is 16.3 Å². The molecule has 37 heavy (non-hydrogen) atoms. The van der Waals surface area contributed by atoms with Crippen LogP contribution in [-0.2, 0) is 14.4 Å². The Balaban J connectivity index is 1.53. The zero-order chi connectivity index (χ0) is 26.6. The molecule has 3 aromatic carbocycles. The number of hydrogen-bond acceptors (Lipinski definition) is 6. The molecule has 192 valence electrons. The monoisotopic (exact) mass is 522 g/mol. The van der Waals surface area contributed by atoms with Gasteiger partial charge in [0.2, 0.25) is 0 Å². The van der Waals surface area contributed by atoms with E-state index in [1.807, 2.05) is 37.3 Å². The van der Waals surface area contributed by atoms with E-state index >= 15 is 0 Å². The lowest BCUT2D eigenvalue weighted by atomic mass is 10.1. The number of benzene rings is 3. The largest absolute Gasteiger partial charge is 0.494 e. The molecule has 0 aliphatic heterocycles. The van der Waals surface area contributed by atoms with Gasteiger partial charge in [-0.2, -0.15) is 5.10 Å². The lowest BCUT2D eigenvalue weighted by molar-refractivity contribution is -0.139. The van der Waals surface area contributed by atoms with Crippen LogP contribution in [0, 0.1) is 0 Å². The molecule has 0 saturated carbocycles. The second-order valence-corrected chi connectivity index (χ2v) is 8.22. The summed E-state index contributed by atoms with van der Waals surface area (Å²) in [6.45, 7) is 3.94. The molecule has 0 aliphatic carbocycles. The van der Waals surface area contributed by atoms with Crippen LogP contribution in [0.3, 0.4) is 0 Å². The van der Waals surface area contributed by atoms with Gasteiger partial charge in [0.1, 0.15) is 11.5 Å². The Morgan fingerprint density at radius 3 is 2.41 bits per heavy atom. The van der Waals surface area contributed by atoms with E-state index in [-0.39, 0.29) is 18.6 Å². The average molecular weight is 523 g/mol. The van der Waals surface area contributed by atoms with Crippen LogP contribution in [-0.4, -0.2) is 37.1 Å². The van der Waals surface area contributed by atoms with Gasteiger partial charge in [0.15, 0.2) is 6.61 Å². The van der Waals surface area contributed by atoms with Crippen molar-refractivity contribution < 1.29 is 23.9 Å². The highest BCUT2D eigenvalue weighted by Gasteiger charge is 2.16. The summed E-state index contributed by atoms with van der Waals surface area (Å²) in [6, 6.07) is 20.6. The molecule has 3 amide bonds. The molecule has 0 radical (unpaired) electrons. The number of carbonyl (C=O) groups is 3. The van der Waals surface area contributed by atoms with E-state index in [2.05, 4.69) is 21.2 Å². The number of anilines is 1. The number of halogens is 1. The van der Waals surface area contributed by atoms with Gasteiger partial charge < -0.3 is 20.1 Å². The van der Waals surface area contributed by atoms with Gasteiger partial charge in [-0.3, -0.25) is 14.4 Å². The summed E-state index contributed by atoms with van der Waals surface area (Å²) < 4.78 is 11.0. The molecule has 3 rings (SSSR count). The van der Waals surface area contributed by atoms with Crippen molar-refractivity contribution >= 4 is 41.2 Å². The minimum absolute atomic E-state index is 0.276. The first-order chi connectivity index (χ1) is 17.9. The lowest BCUT2D eigenvalue weighted by Gasteiger charge is -2.13. The summed E-state index contributed by atoms with van der Waals surface area (Å²) in [6.07, 6.45) is 1.28. The SMILES string of the molecule is CCOc1ccc(NC(=O)COc2ccc(Cl)cc2/C=N\NC(=O)C(=O)N[C@@H](C)c2ccccc2)cc1. The number of carbonyl (C=O) groups excluding carboxylic acids is 3. The van der Waals surface area contributed by atoms with E-state index in [4.69, 9.17) is 21.1 Å². The van der Waals surface area contributed by atoms with Gasteiger partial charge in [-0.15, -0.1) is 0 Å². The maximum Gasteiger partial charge on any atom is 0.329 e. The number of amides is 3. The van der Waals surface area contributed by atoms with Crippen molar-refractivity contribution in [3.8, 4) is 11.5 Å². The van der Waals surface area contributed by atoms with Crippen molar-refractivity contribution in [1.29, 1.82) is 0 Å². The van der Waals surface area contributed by atoms with E-state index in [9.17, 15) is 14.4 Å². The van der Waals surface area contributed by atoms with Gasteiger partial charge in [0.05, 0.1) is 18.9 Å². The van der Waals surface area contributed by atoms with E-state index in [0.717, 1.165) is 5.56 Å². The predicted molar refractivity (Wildman–Crippen MR) is 142 cm³/mol. The molecule has 0 spiro atoms. The number of hydrogen-bond donors (Lipinski definition) is 3. The maximum absolute atomic E-state index is 12.3. The molecule has 0 heterocycles. The highest BCUT2D eigenvalue weighted by Crippen LogP contribution is 2.22. The smallest absolute Gasteiger partial charge is 0.329 e. The second kappa shape index (κ2) is 13.6. The zero-order valence-corrected chi connectivity index (χ0v) is 21.1. The first-order valence-electron chi connectivity index (χ1n) is 11.5. The Morgan fingerprint density at radius 1 is 0.973 bits per heavy atom. The van der Waals surface area contributed by atoms with Crippen molar-refractivity contribution in [2.75, 3.05) is 18.5 Å². The summed E-state index contributed by atoms with van der Waals surface area (Å²) >= 11 is 6.07. The average Bonchev–Trinajstić information content (AvgIpc) is 2.90. The van der Waals surface area contributed by atoms with Crippen LogP contribution >= 0.6 is 11.6 Å². The highest BCUT2D eigenvalue weighted by molar-refractivity contribution is 6.35. The minimum atomic E-state index is -0.932. The van der Waals surface area contributed by atoms with Gasteiger partial charge in [-0.1, -0.05) is 41.9 Å². The molecule has 0 aliphatic rings. The number of ether oxygens (including phenoxy) is 2. The Labute approximate surface area is 219 Å². The predicted octanol–water partition coefficient (Wildman–Crippen LogP) is 4.08. The van der Waals surface area contributed by atoms with Crippen LogP contribution in [0.2, 0.25) is 5.02 Å². The number of hydrazone groups is 1. The third kappa shape index (κ3) is 8.66. The van der Waals surface area contributed by atoms with Gasteiger partial charge in [-0.05, 0) is 61.9 Å². The van der Waals surface area contributed by atoms with Crippen molar-refractivity contribution in [3.05, 3.63) is 88.9 Å². The highest BCUT2D eigenvalue weighted by atomic mass is 35.5. The summed E-state index contributed by atoms with van der Waals surface area (Å²) in [5.74, 6) is -1.12. The first kappa shape index (κ1) is 27.2. The van der Waals surface area contributed by atoms with Crippen LogP contribution < -0.4 is 25.5 Å². The molecule has 0 unspecified atom stereocenters. The zero-order valence-electron chi connectivity index (χ0n) is 20.4. The van der Waals surface area contributed by atoms with Crippen LogP contribution in [0.5, 0.6) is 11.5 Å². The van der Waals surface area contributed by atoms with Crippen LogP contribution in [0.25, 0.3) is 0 Å². The summed E-state index contributed by atoms with van der Waals surface area (Å²) in [7, 11) is 0. The van der Waals surface area contributed by atoms with Crippen molar-refractivity contribution in [2.45, 2.75) is 19.9 Å².